The number of nitrogens with zero attached hydrogens (tertiary/aromatic N) is 3. The van der Waals surface area contributed by atoms with Gasteiger partial charge in [0, 0.05) is 19.2 Å². The van der Waals surface area contributed by atoms with Gasteiger partial charge in [-0.3, -0.25) is 28.8 Å². The molecule has 140 valence electrons. The summed E-state index contributed by atoms with van der Waals surface area (Å²) >= 11 is 0. The average Bonchev–Trinajstić information content (AvgIpc) is 2.57. The average molecular weight is 386 g/mol. The van der Waals surface area contributed by atoms with Crippen LogP contribution in [0.15, 0.2) is 21.7 Å². The molecule has 3 N–H and O–H groups in total. The number of aromatic nitrogens is 2. The molecule has 13 heteroatoms. The SMILES string of the molecule is O=c1[nH]c2cc([N+](=O)[O-])c(N3CCOCC3)cc2n(CP(=O)(O)O)c1=O. The largest absolute Gasteiger partial charge is 0.378 e. The zero-order valence-corrected chi connectivity index (χ0v) is 14.2. The second kappa shape index (κ2) is 6.65. The van der Waals surface area contributed by atoms with E-state index in [9.17, 15) is 34.1 Å². The first kappa shape index (κ1) is 18.3. The molecule has 3 rings (SSSR count). The number of H-pyrrole nitrogens is 1. The molecule has 0 unspecified atom stereocenters. The number of anilines is 1. The van der Waals surface area contributed by atoms with Crippen LogP contribution in [0.2, 0.25) is 0 Å². The molecule has 1 fully saturated rings. The highest BCUT2D eigenvalue weighted by Crippen LogP contribution is 2.38. The number of rotatable bonds is 4. The van der Waals surface area contributed by atoms with E-state index in [2.05, 4.69) is 4.98 Å². The van der Waals surface area contributed by atoms with Crippen molar-refractivity contribution in [2.45, 2.75) is 6.29 Å². The normalized spacial score (nSPS) is 15.4. The van der Waals surface area contributed by atoms with E-state index in [4.69, 9.17) is 4.74 Å². The third-order valence-corrected chi connectivity index (χ3v) is 4.60. The maximum Gasteiger partial charge on any atom is 0.345 e. The molecule has 1 aromatic carbocycles. The van der Waals surface area contributed by atoms with E-state index in [-0.39, 0.29) is 22.4 Å². The molecular formula is C13H15N4O8P. The molecule has 0 amide bonds. The highest BCUT2D eigenvalue weighted by Gasteiger charge is 2.25. The summed E-state index contributed by atoms with van der Waals surface area (Å²) in [7, 11) is -4.67. The smallest absolute Gasteiger partial charge is 0.345 e. The van der Waals surface area contributed by atoms with Crippen molar-refractivity contribution in [1.29, 1.82) is 0 Å². The van der Waals surface area contributed by atoms with E-state index in [1.165, 1.54) is 6.07 Å². The Labute approximate surface area is 144 Å². The zero-order chi connectivity index (χ0) is 19.1. The van der Waals surface area contributed by atoms with Crippen LogP contribution in [-0.2, 0) is 15.6 Å². The molecule has 1 aromatic heterocycles. The summed E-state index contributed by atoms with van der Waals surface area (Å²) in [5.41, 5.74) is -2.47. The molecule has 0 bridgehead atoms. The molecule has 0 spiro atoms. The number of benzene rings is 1. The van der Waals surface area contributed by atoms with Crippen molar-refractivity contribution in [2.24, 2.45) is 0 Å². The van der Waals surface area contributed by atoms with Crippen LogP contribution < -0.4 is 16.0 Å². The predicted octanol–water partition coefficient (Wildman–Crippen LogP) is -0.430. The number of aromatic amines is 1. The summed E-state index contributed by atoms with van der Waals surface area (Å²) in [5.74, 6) is 0. The first-order chi connectivity index (χ1) is 12.2. The van der Waals surface area contributed by atoms with Crippen LogP contribution >= 0.6 is 7.60 Å². The van der Waals surface area contributed by atoms with Gasteiger partial charge in [-0.05, 0) is 6.07 Å². The number of ether oxygens (including phenoxy) is 1. The van der Waals surface area contributed by atoms with Gasteiger partial charge in [0.15, 0.2) is 0 Å². The van der Waals surface area contributed by atoms with Gasteiger partial charge in [0.05, 0.1) is 29.2 Å². The van der Waals surface area contributed by atoms with Crippen molar-refractivity contribution in [3.63, 3.8) is 0 Å². The molecule has 0 radical (unpaired) electrons. The number of nitro benzene ring substituents is 1. The quantitative estimate of drug-likeness (QED) is 0.273. The lowest BCUT2D eigenvalue weighted by molar-refractivity contribution is -0.384. The Balaban J connectivity index is 2.31. The van der Waals surface area contributed by atoms with E-state index in [1.807, 2.05) is 0 Å². The second-order valence-electron chi connectivity index (χ2n) is 5.71. The number of nitrogens with one attached hydrogen (secondary N) is 1. The Morgan fingerprint density at radius 2 is 1.92 bits per heavy atom. The summed E-state index contributed by atoms with van der Waals surface area (Å²) in [4.78, 5) is 57.0. The molecule has 1 aliphatic heterocycles. The molecule has 0 atom stereocenters. The molecule has 26 heavy (non-hydrogen) atoms. The van der Waals surface area contributed by atoms with Gasteiger partial charge in [-0.2, -0.15) is 0 Å². The lowest BCUT2D eigenvalue weighted by atomic mass is 10.2. The van der Waals surface area contributed by atoms with Crippen molar-refractivity contribution in [3.8, 4) is 0 Å². The van der Waals surface area contributed by atoms with E-state index >= 15 is 0 Å². The lowest BCUT2D eigenvalue weighted by Crippen LogP contribution is -2.38. The first-order valence-corrected chi connectivity index (χ1v) is 9.29. The fourth-order valence-corrected chi connectivity index (χ4v) is 3.47. The minimum absolute atomic E-state index is 0.00924. The van der Waals surface area contributed by atoms with Crippen molar-refractivity contribution in [2.75, 3.05) is 31.2 Å². The van der Waals surface area contributed by atoms with Crippen LogP contribution in [0.1, 0.15) is 0 Å². The summed E-state index contributed by atoms with van der Waals surface area (Å²) < 4.78 is 17.2. The molecule has 0 saturated carbocycles. The lowest BCUT2D eigenvalue weighted by Gasteiger charge is -2.28. The maximum atomic E-state index is 12.1. The van der Waals surface area contributed by atoms with Gasteiger partial charge in [-0.1, -0.05) is 0 Å². The van der Waals surface area contributed by atoms with E-state index in [1.54, 1.807) is 4.90 Å². The predicted molar refractivity (Wildman–Crippen MR) is 90.6 cm³/mol. The third kappa shape index (κ3) is 3.53. The Morgan fingerprint density at radius 1 is 1.27 bits per heavy atom. The number of morpholine rings is 1. The number of hydrogen-bond acceptors (Lipinski definition) is 7. The van der Waals surface area contributed by atoms with Gasteiger partial charge in [-0.15, -0.1) is 0 Å². The fraction of sp³-hybridized carbons (Fsp3) is 0.385. The van der Waals surface area contributed by atoms with E-state index in [0.717, 1.165) is 6.07 Å². The van der Waals surface area contributed by atoms with Crippen molar-refractivity contribution in [3.05, 3.63) is 43.0 Å². The van der Waals surface area contributed by atoms with Gasteiger partial charge in [0.1, 0.15) is 12.0 Å². The highest BCUT2D eigenvalue weighted by atomic mass is 31.2. The van der Waals surface area contributed by atoms with Crippen LogP contribution in [0, 0.1) is 10.1 Å². The summed E-state index contributed by atoms with van der Waals surface area (Å²) in [6, 6.07) is 2.36. The van der Waals surface area contributed by atoms with Crippen LogP contribution in [0.5, 0.6) is 0 Å². The molecule has 2 heterocycles. The molecule has 0 aliphatic carbocycles. The van der Waals surface area contributed by atoms with Gasteiger partial charge < -0.3 is 24.4 Å². The number of fused-ring (bicyclic) bond motifs is 1. The van der Waals surface area contributed by atoms with Gasteiger partial charge >= 0.3 is 18.7 Å². The molecule has 1 aliphatic rings. The Hall–Kier alpha value is -2.53. The fourth-order valence-electron chi connectivity index (χ4n) is 2.83. The monoisotopic (exact) mass is 386 g/mol. The third-order valence-electron chi connectivity index (χ3n) is 3.95. The van der Waals surface area contributed by atoms with Crippen molar-refractivity contribution in [1.82, 2.24) is 9.55 Å². The standard InChI is InChI=1S/C13H15N4O8P/c18-12-13(19)16(7-26(22,23)24)9-6-10(15-1-3-25-4-2-15)11(17(20)21)5-8(9)14-12/h5-6H,1-4,7H2,(H,14,18)(H2,22,23,24). The van der Waals surface area contributed by atoms with Gasteiger partial charge in [-0.25, -0.2) is 0 Å². The zero-order valence-electron chi connectivity index (χ0n) is 13.3. The molecular weight excluding hydrogens is 371 g/mol. The molecule has 12 nitrogen and oxygen atoms in total. The number of nitro groups is 1. The van der Waals surface area contributed by atoms with Crippen LogP contribution in [0.4, 0.5) is 11.4 Å². The van der Waals surface area contributed by atoms with Crippen molar-refractivity contribution < 1.29 is 24.0 Å². The van der Waals surface area contributed by atoms with Crippen LogP contribution in [0.3, 0.4) is 0 Å². The van der Waals surface area contributed by atoms with E-state index < -0.39 is 29.9 Å². The van der Waals surface area contributed by atoms with Crippen LogP contribution in [-0.4, -0.2) is 50.6 Å². The van der Waals surface area contributed by atoms with Gasteiger partial charge in [0.25, 0.3) is 5.69 Å². The Bertz CT molecular complexity index is 1030. The highest BCUT2D eigenvalue weighted by molar-refractivity contribution is 7.50. The molecule has 2 aromatic rings. The second-order valence-corrected chi connectivity index (χ2v) is 7.32. The van der Waals surface area contributed by atoms with Gasteiger partial charge in [0.2, 0.25) is 0 Å². The number of hydrogen-bond donors (Lipinski definition) is 3. The Morgan fingerprint density at radius 3 is 2.50 bits per heavy atom. The minimum atomic E-state index is -4.67. The maximum absolute atomic E-state index is 12.1. The first-order valence-electron chi connectivity index (χ1n) is 7.50. The van der Waals surface area contributed by atoms with Crippen LogP contribution in [0.25, 0.3) is 11.0 Å². The summed E-state index contributed by atoms with van der Waals surface area (Å²) in [6.45, 7) is 1.46. The summed E-state index contributed by atoms with van der Waals surface area (Å²) in [5, 5.41) is 11.4. The summed E-state index contributed by atoms with van der Waals surface area (Å²) in [6.07, 6.45) is -1.01. The molecule has 1 saturated heterocycles. The van der Waals surface area contributed by atoms with Crippen molar-refractivity contribution >= 4 is 30.0 Å². The topological polar surface area (TPSA) is 168 Å². The minimum Gasteiger partial charge on any atom is -0.378 e. The van der Waals surface area contributed by atoms with E-state index in [0.29, 0.717) is 30.9 Å². The Kier molecular flexibility index (Phi) is 4.67.